The topological polar surface area (TPSA) is 76.1 Å². The van der Waals surface area contributed by atoms with Crippen molar-refractivity contribution in [1.29, 1.82) is 0 Å². The van der Waals surface area contributed by atoms with Crippen LogP contribution in [0.1, 0.15) is 18.9 Å². The summed E-state index contributed by atoms with van der Waals surface area (Å²) in [6.45, 7) is 3.77. The Morgan fingerprint density at radius 3 is 2.35 bits per heavy atom. The number of urea groups is 1. The maximum atomic E-state index is 12.4. The third-order valence-corrected chi connectivity index (χ3v) is 3.26. The van der Waals surface area contributed by atoms with Crippen LogP contribution >= 0.6 is 11.3 Å². The first kappa shape index (κ1) is 17.0. The number of benzene rings is 1. The number of halogens is 3. The van der Waals surface area contributed by atoms with E-state index in [2.05, 4.69) is 20.8 Å². The lowest BCUT2D eigenvalue weighted by Crippen LogP contribution is -2.19. The molecule has 0 radical (unpaired) electrons. The van der Waals surface area contributed by atoms with Crippen molar-refractivity contribution in [3.05, 3.63) is 29.3 Å². The molecule has 0 fully saturated rings. The molecule has 1 heterocycles. The first-order chi connectivity index (χ1) is 10.7. The minimum absolute atomic E-state index is 0.0253. The van der Waals surface area contributed by atoms with Crippen molar-refractivity contribution in [2.45, 2.75) is 26.1 Å². The molecule has 10 heteroatoms. The van der Waals surface area contributed by atoms with Crippen LogP contribution in [-0.4, -0.2) is 22.3 Å². The molecule has 1 aromatic carbocycles. The van der Waals surface area contributed by atoms with Crippen molar-refractivity contribution >= 4 is 28.2 Å². The van der Waals surface area contributed by atoms with Crippen LogP contribution in [0.25, 0.3) is 0 Å². The summed E-state index contributed by atoms with van der Waals surface area (Å²) in [7, 11) is 0. The first-order valence-electron chi connectivity index (χ1n) is 6.49. The molecular weight excluding hydrogens is 333 g/mol. The van der Waals surface area contributed by atoms with Crippen molar-refractivity contribution < 1.29 is 22.7 Å². The quantitative estimate of drug-likeness (QED) is 0.878. The summed E-state index contributed by atoms with van der Waals surface area (Å²) in [5.74, 6) is 0.643. The molecule has 2 rings (SSSR count). The van der Waals surface area contributed by atoms with Crippen LogP contribution in [0, 0.1) is 0 Å². The molecule has 0 aliphatic rings. The van der Waals surface area contributed by atoms with E-state index in [9.17, 15) is 18.0 Å². The number of alkyl halides is 3. The maximum absolute atomic E-state index is 12.4. The highest BCUT2D eigenvalue weighted by molar-refractivity contribution is 7.15. The van der Waals surface area contributed by atoms with E-state index in [0.717, 1.165) is 0 Å². The number of rotatable bonds is 4. The van der Waals surface area contributed by atoms with Crippen LogP contribution in [0.3, 0.4) is 0 Å². The number of amides is 2. The molecule has 2 N–H and O–H groups in total. The number of nitrogens with one attached hydrogen (secondary N) is 2. The standard InChI is InChI=1S/C13H13F3N4O2S/c1-7(2)22-9-5-3-8(4-6-9)17-11(21)18-12-20-19-10(23-12)13(14,15)16/h3-7H,1-2H3,(H2,17,18,20,21). The molecule has 1 aromatic heterocycles. The van der Waals surface area contributed by atoms with Gasteiger partial charge in [0, 0.05) is 5.69 Å². The molecule has 0 saturated carbocycles. The van der Waals surface area contributed by atoms with Gasteiger partial charge in [-0.3, -0.25) is 5.32 Å². The average molecular weight is 346 g/mol. The molecule has 6 nitrogen and oxygen atoms in total. The number of nitrogens with zero attached hydrogens (tertiary/aromatic N) is 2. The number of hydrogen-bond donors (Lipinski definition) is 2. The minimum Gasteiger partial charge on any atom is -0.491 e. The van der Waals surface area contributed by atoms with Crippen LogP contribution < -0.4 is 15.4 Å². The highest BCUT2D eigenvalue weighted by Crippen LogP contribution is 2.33. The van der Waals surface area contributed by atoms with Crippen molar-refractivity contribution in [3.8, 4) is 5.75 Å². The van der Waals surface area contributed by atoms with Gasteiger partial charge in [-0.15, -0.1) is 10.2 Å². The van der Waals surface area contributed by atoms with Crippen LogP contribution in [0.2, 0.25) is 0 Å². The van der Waals surface area contributed by atoms with Gasteiger partial charge in [-0.1, -0.05) is 11.3 Å². The fourth-order valence-electron chi connectivity index (χ4n) is 1.54. The zero-order chi connectivity index (χ0) is 17.0. The number of carbonyl (C=O) groups is 1. The van der Waals surface area contributed by atoms with Crippen LogP contribution in [0.5, 0.6) is 5.75 Å². The number of hydrogen-bond acceptors (Lipinski definition) is 5. The van der Waals surface area contributed by atoms with Gasteiger partial charge in [0.15, 0.2) is 0 Å². The fourth-order valence-corrected chi connectivity index (χ4v) is 2.14. The summed E-state index contributed by atoms with van der Waals surface area (Å²) >= 11 is 0.249. The summed E-state index contributed by atoms with van der Waals surface area (Å²) in [5.41, 5.74) is 0.458. The van der Waals surface area contributed by atoms with Crippen molar-refractivity contribution in [2.24, 2.45) is 0 Å². The highest BCUT2D eigenvalue weighted by Gasteiger charge is 2.35. The monoisotopic (exact) mass is 346 g/mol. The second kappa shape index (κ2) is 6.82. The molecule has 0 atom stereocenters. The van der Waals surface area contributed by atoms with Gasteiger partial charge in [0.1, 0.15) is 5.75 Å². The second-order valence-electron chi connectivity index (χ2n) is 4.68. The summed E-state index contributed by atoms with van der Waals surface area (Å²) in [6, 6.07) is 5.84. The van der Waals surface area contributed by atoms with Crippen molar-refractivity contribution in [2.75, 3.05) is 10.6 Å². The molecule has 2 aromatic rings. The van der Waals surface area contributed by atoms with Crippen LogP contribution in [-0.2, 0) is 6.18 Å². The lowest BCUT2D eigenvalue weighted by atomic mass is 10.3. The summed E-state index contributed by atoms with van der Waals surface area (Å²) in [6.07, 6.45) is -4.56. The summed E-state index contributed by atoms with van der Waals surface area (Å²) in [4.78, 5) is 11.7. The van der Waals surface area contributed by atoms with Gasteiger partial charge in [-0.25, -0.2) is 4.79 Å². The smallest absolute Gasteiger partial charge is 0.445 e. The zero-order valence-electron chi connectivity index (χ0n) is 12.1. The molecule has 0 spiro atoms. The molecule has 0 saturated heterocycles. The van der Waals surface area contributed by atoms with Crippen molar-refractivity contribution in [1.82, 2.24) is 10.2 Å². The summed E-state index contributed by atoms with van der Waals surface area (Å²) in [5, 5.41) is 9.54. The Morgan fingerprint density at radius 2 is 1.83 bits per heavy atom. The fraction of sp³-hybridized carbons (Fsp3) is 0.308. The van der Waals surface area contributed by atoms with Crippen LogP contribution in [0.15, 0.2) is 24.3 Å². The number of carbonyl (C=O) groups excluding carboxylic acids is 1. The minimum atomic E-state index is -4.58. The highest BCUT2D eigenvalue weighted by atomic mass is 32.1. The van der Waals surface area contributed by atoms with Gasteiger partial charge in [0.25, 0.3) is 0 Å². The number of anilines is 2. The Hall–Kier alpha value is -2.36. The Bertz CT molecular complexity index is 671. The van der Waals surface area contributed by atoms with Gasteiger partial charge in [-0.05, 0) is 38.1 Å². The number of ether oxygens (including phenoxy) is 1. The molecule has 0 bridgehead atoms. The molecule has 0 unspecified atom stereocenters. The van der Waals surface area contributed by atoms with E-state index in [1.807, 2.05) is 13.8 Å². The Labute approximate surface area is 133 Å². The molecule has 2 amide bonds. The average Bonchev–Trinajstić information content (AvgIpc) is 2.89. The normalized spacial score (nSPS) is 11.4. The first-order valence-corrected chi connectivity index (χ1v) is 7.31. The van der Waals surface area contributed by atoms with E-state index < -0.39 is 17.2 Å². The molecule has 0 aliphatic carbocycles. The van der Waals surface area contributed by atoms with Gasteiger partial charge in [-0.2, -0.15) is 13.2 Å². The summed E-state index contributed by atoms with van der Waals surface area (Å²) < 4.78 is 42.6. The van der Waals surface area contributed by atoms with E-state index in [4.69, 9.17) is 4.74 Å². The van der Waals surface area contributed by atoms with Gasteiger partial charge in [0.2, 0.25) is 10.1 Å². The molecule has 124 valence electrons. The SMILES string of the molecule is CC(C)Oc1ccc(NC(=O)Nc2nnc(C(F)(F)F)s2)cc1. The Kier molecular flexibility index (Phi) is 5.04. The van der Waals surface area contributed by atoms with Crippen molar-refractivity contribution in [3.63, 3.8) is 0 Å². The van der Waals surface area contributed by atoms with E-state index in [-0.39, 0.29) is 22.6 Å². The van der Waals surface area contributed by atoms with Crippen LogP contribution in [0.4, 0.5) is 28.8 Å². The van der Waals surface area contributed by atoms with E-state index in [0.29, 0.717) is 11.4 Å². The molecular formula is C13H13F3N4O2S. The van der Waals surface area contributed by atoms with Gasteiger partial charge < -0.3 is 10.1 Å². The van der Waals surface area contributed by atoms with Gasteiger partial charge in [0.05, 0.1) is 6.10 Å². The molecule has 0 aliphatic heterocycles. The van der Waals surface area contributed by atoms with Gasteiger partial charge >= 0.3 is 12.2 Å². The predicted molar refractivity (Wildman–Crippen MR) is 79.8 cm³/mol. The Morgan fingerprint density at radius 1 is 1.17 bits per heavy atom. The molecule has 23 heavy (non-hydrogen) atoms. The second-order valence-corrected chi connectivity index (χ2v) is 5.66. The predicted octanol–water partition coefficient (Wildman–Crippen LogP) is 3.99. The lowest BCUT2D eigenvalue weighted by molar-refractivity contribution is -0.138. The third-order valence-electron chi connectivity index (χ3n) is 2.37. The maximum Gasteiger partial charge on any atom is 0.445 e. The third kappa shape index (κ3) is 5.09. The van der Waals surface area contributed by atoms with E-state index >= 15 is 0 Å². The lowest BCUT2D eigenvalue weighted by Gasteiger charge is -2.10. The Balaban J connectivity index is 1.93. The zero-order valence-corrected chi connectivity index (χ0v) is 13.0. The van der Waals surface area contributed by atoms with E-state index in [1.165, 1.54) is 0 Å². The largest absolute Gasteiger partial charge is 0.491 e. The number of aromatic nitrogens is 2. The van der Waals surface area contributed by atoms with E-state index in [1.54, 1.807) is 24.3 Å².